The van der Waals surface area contributed by atoms with E-state index in [4.69, 9.17) is 0 Å². The molecule has 0 saturated heterocycles. The molecule has 0 aliphatic heterocycles. The van der Waals surface area contributed by atoms with Gasteiger partial charge in [-0.3, -0.25) is 9.59 Å². The van der Waals surface area contributed by atoms with Crippen LogP contribution in [0.1, 0.15) is 5.56 Å². The highest BCUT2D eigenvalue weighted by molar-refractivity contribution is 5.94. The molecular weight excluding hydrogens is 300 g/mol. The molecule has 0 spiro atoms. The molecule has 0 aromatic heterocycles. The lowest BCUT2D eigenvalue weighted by Gasteiger charge is -2.07. The molecule has 0 bridgehead atoms. The summed E-state index contributed by atoms with van der Waals surface area (Å²) >= 11 is 0. The van der Waals surface area contributed by atoms with Gasteiger partial charge in [-0.2, -0.15) is 0 Å². The van der Waals surface area contributed by atoms with Crippen molar-refractivity contribution in [3.05, 3.63) is 78.4 Å². The van der Waals surface area contributed by atoms with E-state index in [9.17, 15) is 9.59 Å². The van der Waals surface area contributed by atoms with Gasteiger partial charge in [0, 0.05) is 5.69 Å². The van der Waals surface area contributed by atoms with Crippen LogP contribution in [0.15, 0.2) is 72.8 Å². The maximum atomic E-state index is 12.0. The summed E-state index contributed by atoms with van der Waals surface area (Å²) in [6, 6.07) is 23.1. The average molecular weight is 318 g/mol. The van der Waals surface area contributed by atoms with E-state index < -0.39 is 0 Å². The first-order valence-corrected chi connectivity index (χ1v) is 7.80. The number of carbonyl (C=O) groups excluding carboxylic acids is 2. The van der Waals surface area contributed by atoms with E-state index in [2.05, 4.69) is 10.6 Å². The molecule has 4 nitrogen and oxygen atoms in total. The van der Waals surface area contributed by atoms with Crippen LogP contribution in [0.5, 0.6) is 0 Å². The second-order valence-electron chi connectivity index (χ2n) is 5.55. The van der Waals surface area contributed by atoms with Gasteiger partial charge in [0.1, 0.15) is 0 Å². The van der Waals surface area contributed by atoms with Gasteiger partial charge >= 0.3 is 0 Å². The van der Waals surface area contributed by atoms with Gasteiger partial charge in [-0.1, -0.05) is 60.7 Å². The summed E-state index contributed by atoms with van der Waals surface area (Å²) < 4.78 is 0. The standard InChI is InChI=1S/C20H18N2O2/c23-19(21-14-20(24)22-18-8-2-1-3-9-18)13-15-10-11-16-6-4-5-7-17(16)12-15/h1-12H,13-14H2,(H,21,23)(H,22,24). The molecule has 3 rings (SSSR count). The van der Waals surface area contributed by atoms with E-state index >= 15 is 0 Å². The summed E-state index contributed by atoms with van der Waals surface area (Å²) in [5, 5.41) is 7.62. The predicted molar refractivity (Wildman–Crippen MR) is 95.7 cm³/mol. The SMILES string of the molecule is O=C(Cc1ccc2ccccc2c1)NCC(=O)Nc1ccccc1. The van der Waals surface area contributed by atoms with Crippen LogP contribution < -0.4 is 10.6 Å². The molecule has 120 valence electrons. The van der Waals surface area contributed by atoms with Gasteiger partial charge in [-0.15, -0.1) is 0 Å². The van der Waals surface area contributed by atoms with Gasteiger partial charge in [0.2, 0.25) is 11.8 Å². The van der Waals surface area contributed by atoms with Gasteiger partial charge in [-0.25, -0.2) is 0 Å². The monoisotopic (exact) mass is 318 g/mol. The zero-order valence-corrected chi connectivity index (χ0v) is 13.2. The Morgan fingerprint density at radius 2 is 1.46 bits per heavy atom. The Morgan fingerprint density at radius 1 is 0.750 bits per heavy atom. The number of amides is 2. The third kappa shape index (κ3) is 4.20. The summed E-state index contributed by atoms with van der Waals surface area (Å²) in [6.45, 7) is -0.0404. The fourth-order valence-electron chi connectivity index (χ4n) is 2.50. The lowest BCUT2D eigenvalue weighted by atomic mass is 10.1. The second kappa shape index (κ2) is 7.42. The number of benzene rings is 3. The Kier molecular flexibility index (Phi) is 4.87. The number of para-hydroxylation sites is 1. The number of hydrogen-bond donors (Lipinski definition) is 2. The van der Waals surface area contributed by atoms with Crippen LogP contribution >= 0.6 is 0 Å². The lowest BCUT2D eigenvalue weighted by Crippen LogP contribution is -2.33. The molecule has 0 fully saturated rings. The summed E-state index contributed by atoms with van der Waals surface area (Å²) in [5.74, 6) is -0.415. The summed E-state index contributed by atoms with van der Waals surface area (Å²) in [7, 11) is 0. The summed E-state index contributed by atoms with van der Waals surface area (Å²) in [6.07, 6.45) is 0.253. The first-order chi connectivity index (χ1) is 11.7. The molecule has 0 aliphatic carbocycles. The van der Waals surface area contributed by atoms with E-state index in [-0.39, 0.29) is 24.8 Å². The van der Waals surface area contributed by atoms with Crippen molar-refractivity contribution in [3.8, 4) is 0 Å². The van der Waals surface area contributed by atoms with Crippen LogP contribution in [-0.2, 0) is 16.0 Å². The molecular formula is C20H18N2O2. The zero-order valence-electron chi connectivity index (χ0n) is 13.2. The third-order valence-electron chi connectivity index (χ3n) is 3.68. The number of rotatable bonds is 5. The molecule has 0 heterocycles. The number of fused-ring (bicyclic) bond motifs is 1. The lowest BCUT2D eigenvalue weighted by molar-refractivity contribution is -0.123. The number of anilines is 1. The van der Waals surface area contributed by atoms with Crippen LogP contribution in [0.3, 0.4) is 0 Å². The van der Waals surface area contributed by atoms with Crippen molar-refractivity contribution < 1.29 is 9.59 Å². The molecule has 2 amide bonds. The average Bonchev–Trinajstić information content (AvgIpc) is 2.61. The molecule has 2 N–H and O–H groups in total. The first kappa shape index (κ1) is 15.7. The molecule has 0 aliphatic rings. The van der Waals surface area contributed by atoms with E-state index in [0.717, 1.165) is 16.3 Å². The molecule has 0 saturated carbocycles. The summed E-state index contributed by atoms with van der Waals surface area (Å²) in [4.78, 5) is 23.8. The van der Waals surface area contributed by atoms with Gasteiger partial charge in [-0.05, 0) is 28.5 Å². The Morgan fingerprint density at radius 3 is 2.25 bits per heavy atom. The maximum absolute atomic E-state index is 12.0. The fourth-order valence-corrected chi connectivity index (χ4v) is 2.50. The Labute approximate surface area is 140 Å². The highest BCUT2D eigenvalue weighted by atomic mass is 16.2. The Balaban J connectivity index is 1.52. The molecule has 0 unspecified atom stereocenters. The van der Waals surface area contributed by atoms with Gasteiger partial charge in [0.15, 0.2) is 0 Å². The molecule has 0 radical (unpaired) electrons. The fraction of sp³-hybridized carbons (Fsp3) is 0.100. The normalized spacial score (nSPS) is 10.3. The van der Waals surface area contributed by atoms with Crippen molar-refractivity contribution in [3.63, 3.8) is 0 Å². The van der Waals surface area contributed by atoms with Crippen LogP contribution in [0.25, 0.3) is 10.8 Å². The van der Waals surface area contributed by atoms with E-state index in [0.29, 0.717) is 5.69 Å². The van der Waals surface area contributed by atoms with Crippen molar-refractivity contribution in [2.45, 2.75) is 6.42 Å². The van der Waals surface area contributed by atoms with E-state index in [1.54, 1.807) is 12.1 Å². The molecule has 24 heavy (non-hydrogen) atoms. The topological polar surface area (TPSA) is 58.2 Å². The quantitative estimate of drug-likeness (QED) is 0.759. The largest absolute Gasteiger partial charge is 0.347 e. The Hall–Kier alpha value is -3.14. The van der Waals surface area contributed by atoms with Crippen molar-refractivity contribution in [1.82, 2.24) is 5.32 Å². The molecule has 0 atom stereocenters. The van der Waals surface area contributed by atoms with Crippen LogP contribution in [-0.4, -0.2) is 18.4 Å². The minimum Gasteiger partial charge on any atom is -0.347 e. The molecule has 3 aromatic carbocycles. The highest BCUT2D eigenvalue weighted by Crippen LogP contribution is 2.15. The van der Waals surface area contributed by atoms with Crippen molar-refractivity contribution in [2.75, 3.05) is 11.9 Å². The number of carbonyl (C=O) groups is 2. The molecule has 4 heteroatoms. The van der Waals surface area contributed by atoms with Crippen LogP contribution in [0.2, 0.25) is 0 Å². The van der Waals surface area contributed by atoms with Gasteiger partial charge < -0.3 is 10.6 Å². The predicted octanol–water partition coefficient (Wildman–Crippen LogP) is 3.14. The Bertz CT molecular complexity index is 860. The maximum Gasteiger partial charge on any atom is 0.243 e. The van der Waals surface area contributed by atoms with Crippen LogP contribution in [0, 0.1) is 0 Å². The number of hydrogen-bond acceptors (Lipinski definition) is 2. The van der Waals surface area contributed by atoms with Crippen LogP contribution in [0.4, 0.5) is 5.69 Å². The number of nitrogens with one attached hydrogen (secondary N) is 2. The highest BCUT2D eigenvalue weighted by Gasteiger charge is 2.07. The van der Waals surface area contributed by atoms with Crippen molar-refractivity contribution >= 4 is 28.3 Å². The van der Waals surface area contributed by atoms with Crippen molar-refractivity contribution in [2.24, 2.45) is 0 Å². The zero-order chi connectivity index (χ0) is 16.8. The minimum atomic E-state index is -0.243. The third-order valence-corrected chi connectivity index (χ3v) is 3.68. The first-order valence-electron chi connectivity index (χ1n) is 7.80. The van der Waals surface area contributed by atoms with E-state index in [1.807, 2.05) is 60.7 Å². The molecule has 3 aromatic rings. The van der Waals surface area contributed by atoms with Gasteiger partial charge in [0.05, 0.1) is 13.0 Å². The minimum absolute atomic E-state index is 0.0404. The van der Waals surface area contributed by atoms with Gasteiger partial charge in [0.25, 0.3) is 0 Å². The summed E-state index contributed by atoms with van der Waals surface area (Å²) in [5.41, 5.74) is 1.64. The smallest absolute Gasteiger partial charge is 0.243 e. The van der Waals surface area contributed by atoms with Crippen molar-refractivity contribution in [1.29, 1.82) is 0 Å². The second-order valence-corrected chi connectivity index (χ2v) is 5.55. The van der Waals surface area contributed by atoms with E-state index in [1.165, 1.54) is 0 Å².